The van der Waals surface area contributed by atoms with Gasteiger partial charge in [-0.1, -0.05) is 30.3 Å². The van der Waals surface area contributed by atoms with Gasteiger partial charge in [0.1, 0.15) is 0 Å². The minimum absolute atomic E-state index is 0.778. The Balaban J connectivity index is 1.63. The quantitative estimate of drug-likeness (QED) is 0.844. The van der Waals surface area contributed by atoms with Crippen LogP contribution in [0.4, 0.5) is 0 Å². The van der Waals surface area contributed by atoms with E-state index in [1.54, 1.807) is 0 Å². The summed E-state index contributed by atoms with van der Waals surface area (Å²) in [6.07, 6.45) is 5.07. The van der Waals surface area contributed by atoms with Gasteiger partial charge in [-0.15, -0.1) is 0 Å². The van der Waals surface area contributed by atoms with Crippen LogP contribution < -0.4 is 5.73 Å². The van der Waals surface area contributed by atoms with Crippen molar-refractivity contribution in [3.63, 3.8) is 0 Å². The van der Waals surface area contributed by atoms with Gasteiger partial charge in [0, 0.05) is 0 Å². The second-order valence-electron chi connectivity index (χ2n) is 5.11. The summed E-state index contributed by atoms with van der Waals surface area (Å²) in [6, 6.07) is 10.8. The lowest BCUT2D eigenvalue weighted by Crippen LogP contribution is -2.36. The van der Waals surface area contributed by atoms with E-state index in [2.05, 4.69) is 35.2 Å². The van der Waals surface area contributed by atoms with Gasteiger partial charge >= 0.3 is 0 Å². The van der Waals surface area contributed by atoms with Crippen LogP contribution in [0.25, 0.3) is 0 Å². The third kappa shape index (κ3) is 4.14. The largest absolute Gasteiger partial charge is 0.330 e. The number of hydrogen-bond acceptors (Lipinski definition) is 2. The molecule has 0 saturated carbocycles. The average Bonchev–Trinajstić information content (AvgIpc) is 2.41. The summed E-state index contributed by atoms with van der Waals surface area (Å²) < 4.78 is 0. The SMILES string of the molecule is NCC1CCN(CCCc2ccccc2)CC1. The molecule has 1 heterocycles. The van der Waals surface area contributed by atoms with Crippen LogP contribution in [0.3, 0.4) is 0 Å². The predicted molar refractivity (Wildman–Crippen MR) is 73.0 cm³/mol. The number of piperidine rings is 1. The predicted octanol–water partition coefficient (Wildman–Crippen LogP) is 2.29. The highest BCUT2D eigenvalue weighted by atomic mass is 15.1. The van der Waals surface area contributed by atoms with Crippen LogP contribution >= 0.6 is 0 Å². The molecule has 94 valence electrons. The van der Waals surface area contributed by atoms with E-state index in [-0.39, 0.29) is 0 Å². The van der Waals surface area contributed by atoms with Crippen molar-refractivity contribution in [1.82, 2.24) is 4.90 Å². The second kappa shape index (κ2) is 6.77. The summed E-state index contributed by atoms with van der Waals surface area (Å²) in [5, 5.41) is 0. The van der Waals surface area contributed by atoms with Crippen LogP contribution in [-0.4, -0.2) is 31.1 Å². The van der Waals surface area contributed by atoms with Gasteiger partial charge in [-0.3, -0.25) is 0 Å². The fraction of sp³-hybridized carbons (Fsp3) is 0.600. The van der Waals surface area contributed by atoms with Gasteiger partial charge < -0.3 is 10.6 Å². The Kier molecular flexibility index (Phi) is 5.02. The van der Waals surface area contributed by atoms with Crippen molar-refractivity contribution < 1.29 is 0 Å². The van der Waals surface area contributed by atoms with Gasteiger partial charge in [-0.25, -0.2) is 0 Å². The Bertz CT molecular complexity index is 302. The lowest BCUT2D eigenvalue weighted by molar-refractivity contribution is 0.186. The first kappa shape index (κ1) is 12.6. The van der Waals surface area contributed by atoms with Crippen LogP contribution in [0.2, 0.25) is 0 Å². The topological polar surface area (TPSA) is 29.3 Å². The molecule has 1 fully saturated rings. The van der Waals surface area contributed by atoms with Crippen molar-refractivity contribution in [3.8, 4) is 0 Å². The van der Waals surface area contributed by atoms with Crippen LogP contribution in [0.1, 0.15) is 24.8 Å². The number of benzene rings is 1. The fourth-order valence-corrected chi connectivity index (χ4v) is 2.60. The maximum absolute atomic E-state index is 5.71. The third-order valence-corrected chi connectivity index (χ3v) is 3.82. The molecular weight excluding hydrogens is 208 g/mol. The molecule has 0 spiro atoms. The minimum atomic E-state index is 0.778. The van der Waals surface area contributed by atoms with Crippen molar-refractivity contribution in [2.45, 2.75) is 25.7 Å². The molecule has 0 bridgehead atoms. The molecule has 2 N–H and O–H groups in total. The lowest BCUT2D eigenvalue weighted by Gasteiger charge is -2.31. The van der Waals surface area contributed by atoms with Crippen LogP contribution in [-0.2, 0) is 6.42 Å². The van der Waals surface area contributed by atoms with Crippen molar-refractivity contribution in [2.75, 3.05) is 26.2 Å². The Morgan fingerprint density at radius 2 is 1.82 bits per heavy atom. The van der Waals surface area contributed by atoms with Crippen LogP contribution in [0.15, 0.2) is 30.3 Å². The maximum atomic E-state index is 5.71. The summed E-state index contributed by atoms with van der Waals surface area (Å²) in [5.41, 5.74) is 7.17. The molecule has 2 nitrogen and oxygen atoms in total. The van der Waals surface area contributed by atoms with E-state index in [9.17, 15) is 0 Å². The van der Waals surface area contributed by atoms with E-state index in [0.29, 0.717) is 0 Å². The molecule has 2 heteroatoms. The molecule has 0 unspecified atom stereocenters. The molecule has 1 aliphatic rings. The zero-order valence-corrected chi connectivity index (χ0v) is 10.6. The average molecular weight is 232 g/mol. The van der Waals surface area contributed by atoms with Gasteiger partial charge in [0.25, 0.3) is 0 Å². The first-order valence-corrected chi connectivity index (χ1v) is 6.85. The Morgan fingerprint density at radius 1 is 1.12 bits per heavy atom. The molecule has 0 aliphatic carbocycles. The van der Waals surface area contributed by atoms with Gasteiger partial charge in [0.15, 0.2) is 0 Å². The molecule has 1 aromatic carbocycles. The highest BCUT2D eigenvalue weighted by Crippen LogP contribution is 2.16. The highest BCUT2D eigenvalue weighted by Gasteiger charge is 2.17. The number of aryl methyl sites for hydroxylation is 1. The Hall–Kier alpha value is -0.860. The van der Waals surface area contributed by atoms with Crippen molar-refractivity contribution in [3.05, 3.63) is 35.9 Å². The van der Waals surface area contributed by atoms with Gasteiger partial charge in [-0.05, 0) is 63.3 Å². The highest BCUT2D eigenvalue weighted by molar-refractivity contribution is 5.14. The summed E-state index contributed by atoms with van der Waals surface area (Å²) in [6.45, 7) is 4.61. The van der Waals surface area contributed by atoms with E-state index in [0.717, 1.165) is 12.5 Å². The molecule has 0 aromatic heterocycles. The van der Waals surface area contributed by atoms with E-state index in [1.807, 2.05) is 0 Å². The van der Waals surface area contributed by atoms with E-state index in [1.165, 1.54) is 50.9 Å². The van der Waals surface area contributed by atoms with Crippen molar-refractivity contribution in [1.29, 1.82) is 0 Å². The van der Waals surface area contributed by atoms with Crippen molar-refractivity contribution >= 4 is 0 Å². The molecule has 1 aromatic rings. The monoisotopic (exact) mass is 232 g/mol. The molecule has 0 radical (unpaired) electrons. The summed E-state index contributed by atoms with van der Waals surface area (Å²) in [5.74, 6) is 0.778. The smallest absolute Gasteiger partial charge is 0.00156 e. The molecule has 17 heavy (non-hydrogen) atoms. The summed E-state index contributed by atoms with van der Waals surface area (Å²) >= 11 is 0. The Morgan fingerprint density at radius 3 is 2.47 bits per heavy atom. The van der Waals surface area contributed by atoms with Gasteiger partial charge in [0.05, 0.1) is 0 Å². The number of likely N-dealkylation sites (tertiary alicyclic amines) is 1. The molecular formula is C15H24N2. The summed E-state index contributed by atoms with van der Waals surface area (Å²) in [7, 11) is 0. The lowest BCUT2D eigenvalue weighted by atomic mass is 9.97. The van der Waals surface area contributed by atoms with Crippen LogP contribution in [0.5, 0.6) is 0 Å². The zero-order chi connectivity index (χ0) is 11.9. The number of nitrogens with two attached hydrogens (primary N) is 1. The third-order valence-electron chi connectivity index (χ3n) is 3.82. The van der Waals surface area contributed by atoms with Gasteiger partial charge in [-0.2, -0.15) is 0 Å². The maximum Gasteiger partial charge on any atom is -0.00156 e. The standard InChI is InChI=1S/C15H24N2/c16-13-15-8-11-17(12-9-15)10-4-7-14-5-2-1-3-6-14/h1-3,5-6,15H,4,7-13,16H2. The molecule has 1 saturated heterocycles. The number of hydrogen-bond donors (Lipinski definition) is 1. The number of rotatable bonds is 5. The first-order chi connectivity index (χ1) is 8.38. The van der Waals surface area contributed by atoms with Gasteiger partial charge in [0.2, 0.25) is 0 Å². The minimum Gasteiger partial charge on any atom is -0.330 e. The number of nitrogens with zero attached hydrogens (tertiary/aromatic N) is 1. The molecule has 0 amide bonds. The molecule has 1 aliphatic heterocycles. The first-order valence-electron chi connectivity index (χ1n) is 6.85. The molecule has 2 rings (SSSR count). The van der Waals surface area contributed by atoms with E-state index < -0.39 is 0 Å². The van der Waals surface area contributed by atoms with Crippen molar-refractivity contribution in [2.24, 2.45) is 11.7 Å². The van der Waals surface area contributed by atoms with E-state index in [4.69, 9.17) is 5.73 Å². The normalized spacial score (nSPS) is 18.4. The summed E-state index contributed by atoms with van der Waals surface area (Å²) in [4.78, 5) is 2.59. The van der Waals surface area contributed by atoms with Crippen LogP contribution in [0, 0.1) is 5.92 Å². The second-order valence-corrected chi connectivity index (χ2v) is 5.11. The fourth-order valence-electron chi connectivity index (χ4n) is 2.60. The zero-order valence-electron chi connectivity index (χ0n) is 10.6. The molecule has 0 atom stereocenters. The van der Waals surface area contributed by atoms with E-state index >= 15 is 0 Å². The Labute approximate surface area is 105 Å².